The Bertz CT molecular complexity index is 1230. The Balaban J connectivity index is 1.47. The molecule has 0 aliphatic rings. The second-order valence-electron chi connectivity index (χ2n) is 8.22. The fourth-order valence-electron chi connectivity index (χ4n) is 3.52. The zero-order valence-corrected chi connectivity index (χ0v) is 19.0. The lowest BCUT2D eigenvalue weighted by atomic mass is 10.0. The fourth-order valence-corrected chi connectivity index (χ4v) is 3.52. The molecule has 0 aliphatic carbocycles. The summed E-state index contributed by atoms with van der Waals surface area (Å²) in [6, 6.07) is 23.6. The average Bonchev–Trinajstić information content (AvgIpc) is 3.31. The zero-order valence-electron chi connectivity index (χ0n) is 19.0. The van der Waals surface area contributed by atoms with Crippen molar-refractivity contribution in [1.82, 2.24) is 10.1 Å². The molecule has 33 heavy (non-hydrogen) atoms. The van der Waals surface area contributed by atoms with Crippen LogP contribution in [0.4, 0.5) is 5.69 Å². The zero-order chi connectivity index (χ0) is 23.2. The molecule has 0 saturated carbocycles. The molecule has 168 valence electrons. The molecule has 1 aromatic heterocycles. The molecule has 0 saturated heterocycles. The highest BCUT2D eigenvalue weighted by molar-refractivity contribution is 5.96. The van der Waals surface area contributed by atoms with E-state index in [4.69, 9.17) is 9.26 Å². The van der Waals surface area contributed by atoms with Crippen molar-refractivity contribution in [1.29, 1.82) is 0 Å². The van der Waals surface area contributed by atoms with Crippen LogP contribution >= 0.6 is 0 Å². The highest BCUT2D eigenvalue weighted by Crippen LogP contribution is 2.30. The first-order valence-electron chi connectivity index (χ1n) is 11.0. The van der Waals surface area contributed by atoms with Crippen molar-refractivity contribution in [3.05, 3.63) is 95.3 Å². The predicted molar refractivity (Wildman–Crippen MR) is 128 cm³/mol. The van der Waals surface area contributed by atoms with Gasteiger partial charge in [-0.1, -0.05) is 79.7 Å². The minimum absolute atomic E-state index is 0.110. The van der Waals surface area contributed by atoms with Crippen LogP contribution in [0.1, 0.15) is 42.3 Å². The van der Waals surface area contributed by atoms with Crippen molar-refractivity contribution >= 4 is 11.6 Å². The van der Waals surface area contributed by atoms with Crippen LogP contribution in [-0.2, 0) is 11.2 Å². The van der Waals surface area contributed by atoms with Gasteiger partial charge in [0, 0.05) is 12.3 Å². The van der Waals surface area contributed by atoms with Gasteiger partial charge in [0.25, 0.3) is 11.8 Å². The first-order valence-corrected chi connectivity index (χ1v) is 11.0. The van der Waals surface area contributed by atoms with E-state index in [1.165, 1.54) is 5.56 Å². The van der Waals surface area contributed by atoms with Gasteiger partial charge in [-0.2, -0.15) is 4.98 Å². The van der Waals surface area contributed by atoms with E-state index in [0.29, 0.717) is 28.7 Å². The normalized spacial score (nSPS) is 10.9. The van der Waals surface area contributed by atoms with Crippen LogP contribution in [0.2, 0.25) is 0 Å². The monoisotopic (exact) mass is 441 g/mol. The van der Waals surface area contributed by atoms with Crippen molar-refractivity contribution in [2.75, 3.05) is 11.9 Å². The molecule has 0 atom stereocenters. The minimum Gasteiger partial charge on any atom is -0.483 e. The van der Waals surface area contributed by atoms with Crippen LogP contribution in [0.25, 0.3) is 11.5 Å². The number of aryl methyl sites for hydroxylation is 1. The smallest absolute Gasteiger partial charge is 0.262 e. The van der Waals surface area contributed by atoms with E-state index in [1.54, 1.807) is 0 Å². The summed E-state index contributed by atoms with van der Waals surface area (Å²) >= 11 is 0. The number of anilines is 1. The quantitative estimate of drug-likeness (QED) is 0.375. The van der Waals surface area contributed by atoms with Gasteiger partial charge >= 0.3 is 0 Å². The fraction of sp³-hybridized carbons (Fsp3) is 0.222. The Morgan fingerprint density at radius 2 is 1.76 bits per heavy atom. The third-order valence-corrected chi connectivity index (χ3v) is 5.29. The number of carbonyl (C=O) groups excluding carboxylic acids is 1. The van der Waals surface area contributed by atoms with Crippen LogP contribution in [0.3, 0.4) is 0 Å². The number of amides is 1. The third-order valence-electron chi connectivity index (χ3n) is 5.29. The van der Waals surface area contributed by atoms with Crippen LogP contribution in [0.15, 0.2) is 77.3 Å². The number of carbonyl (C=O) groups is 1. The maximum Gasteiger partial charge on any atom is 0.262 e. The van der Waals surface area contributed by atoms with Crippen LogP contribution < -0.4 is 10.1 Å². The summed E-state index contributed by atoms with van der Waals surface area (Å²) in [6.45, 7) is 5.82. The summed E-state index contributed by atoms with van der Waals surface area (Å²) in [6.07, 6.45) is 0.732. The van der Waals surface area contributed by atoms with Crippen LogP contribution in [0.5, 0.6) is 5.75 Å². The topological polar surface area (TPSA) is 77.3 Å². The van der Waals surface area contributed by atoms with Crippen molar-refractivity contribution in [3.8, 4) is 17.2 Å². The summed E-state index contributed by atoms with van der Waals surface area (Å²) in [5.74, 6) is 1.59. The van der Waals surface area contributed by atoms with E-state index in [0.717, 1.165) is 17.5 Å². The van der Waals surface area contributed by atoms with Crippen LogP contribution in [-0.4, -0.2) is 22.7 Å². The molecule has 1 N–H and O–H groups in total. The number of rotatable bonds is 8. The van der Waals surface area contributed by atoms with E-state index in [1.807, 2.05) is 81.4 Å². The molecule has 6 nitrogen and oxygen atoms in total. The molecule has 0 bridgehead atoms. The first kappa shape index (κ1) is 22.3. The van der Waals surface area contributed by atoms with Gasteiger partial charge in [-0.25, -0.2) is 0 Å². The Morgan fingerprint density at radius 1 is 1.00 bits per heavy atom. The van der Waals surface area contributed by atoms with Crippen molar-refractivity contribution in [2.45, 2.75) is 33.1 Å². The molecule has 0 spiro atoms. The Hall–Kier alpha value is -3.93. The summed E-state index contributed by atoms with van der Waals surface area (Å²) in [5, 5.41) is 7.00. The summed E-state index contributed by atoms with van der Waals surface area (Å²) < 4.78 is 11.3. The molecule has 6 heteroatoms. The number of nitrogens with one attached hydrogen (secondary N) is 1. The van der Waals surface area contributed by atoms with Gasteiger partial charge in [-0.15, -0.1) is 0 Å². The standard InChI is InChI=1S/C27H27N3O3/c1-18(2)26-29-27(33-30-26)22-14-9-10-19(3)25(22)28-24(31)17-32-23-15-8-7-13-21(23)16-20-11-5-4-6-12-20/h4-15,18H,16-17H2,1-3H3,(H,28,31). The molecule has 4 rings (SSSR count). The molecule has 0 fully saturated rings. The second-order valence-corrected chi connectivity index (χ2v) is 8.22. The van der Waals surface area contributed by atoms with E-state index in [9.17, 15) is 4.79 Å². The number of para-hydroxylation sites is 2. The van der Waals surface area contributed by atoms with Gasteiger partial charge in [-0.3, -0.25) is 4.79 Å². The number of benzene rings is 3. The van der Waals surface area contributed by atoms with Crippen LogP contribution in [0, 0.1) is 6.92 Å². The minimum atomic E-state index is -0.260. The maximum atomic E-state index is 12.8. The molecule has 0 radical (unpaired) electrons. The van der Waals surface area contributed by atoms with E-state index in [-0.39, 0.29) is 18.4 Å². The van der Waals surface area contributed by atoms with E-state index in [2.05, 4.69) is 27.6 Å². The predicted octanol–water partition coefficient (Wildman–Crippen LogP) is 5.78. The average molecular weight is 442 g/mol. The van der Waals surface area contributed by atoms with Crippen molar-refractivity contribution < 1.29 is 14.1 Å². The maximum absolute atomic E-state index is 12.8. The van der Waals surface area contributed by atoms with Gasteiger partial charge in [0.05, 0.1) is 11.3 Å². The molecular formula is C27H27N3O3. The highest BCUT2D eigenvalue weighted by Gasteiger charge is 2.18. The van der Waals surface area contributed by atoms with Crippen molar-refractivity contribution in [2.24, 2.45) is 0 Å². The first-order chi connectivity index (χ1) is 16.0. The lowest BCUT2D eigenvalue weighted by Gasteiger charge is -2.14. The number of hydrogen-bond donors (Lipinski definition) is 1. The molecular weight excluding hydrogens is 414 g/mol. The van der Waals surface area contributed by atoms with E-state index >= 15 is 0 Å². The molecule has 0 unspecified atom stereocenters. The second kappa shape index (κ2) is 10.1. The lowest BCUT2D eigenvalue weighted by molar-refractivity contribution is -0.118. The Labute approximate surface area is 193 Å². The molecule has 1 heterocycles. The van der Waals surface area contributed by atoms with Gasteiger partial charge in [0.1, 0.15) is 5.75 Å². The third kappa shape index (κ3) is 5.47. The molecule has 1 amide bonds. The summed E-state index contributed by atoms with van der Waals surface area (Å²) in [5.41, 5.74) is 4.44. The summed E-state index contributed by atoms with van der Waals surface area (Å²) in [4.78, 5) is 17.3. The number of ether oxygens (including phenoxy) is 1. The van der Waals surface area contributed by atoms with Gasteiger partial charge in [0.2, 0.25) is 0 Å². The summed E-state index contributed by atoms with van der Waals surface area (Å²) in [7, 11) is 0. The SMILES string of the molecule is Cc1cccc(-c2nc(C(C)C)no2)c1NC(=O)COc1ccccc1Cc1ccccc1. The Kier molecular flexibility index (Phi) is 6.83. The molecule has 0 aliphatic heterocycles. The van der Waals surface area contributed by atoms with Gasteiger partial charge in [0.15, 0.2) is 12.4 Å². The van der Waals surface area contributed by atoms with Crippen molar-refractivity contribution in [3.63, 3.8) is 0 Å². The number of hydrogen-bond acceptors (Lipinski definition) is 5. The largest absolute Gasteiger partial charge is 0.483 e. The molecule has 3 aromatic carbocycles. The van der Waals surface area contributed by atoms with Gasteiger partial charge < -0.3 is 14.6 Å². The highest BCUT2D eigenvalue weighted by atomic mass is 16.5. The van der Waals surface area contributed by atoms with Gasteiger partial charge in [-0.05, 0) is 35.7 Å². The Morgan fingerprint density at radius 3 is 2.52 bits per heavy atom. The van der Waals surface area contributed by atoms with E-state index < -0.39 is 0 Å². The lowest BCUT2D eigenvalue weighted by Crippen LogP contribution is -2.21. The number of aromatic nitrogens is 2. The number of nitrogens with zero attached hydrogens (tertiary/aromatic N) is 2. The molecule has 4 aromatic rings.